The van der Waals surface area contributed by atoms with Crippen LogP contribution in [0.1, 0.15) is 297 Å². The summed E-state index contributed by atoms with van der Waals surface area (Å²) in [6.45, 7) is 6.51. The zero-order valence-electron chi connectivity index (χ0n) is 46.3. The Balaban J connectivity index is 4.37. The number of esters is 3. The Hall–Kier alpha value is -3.15. The minimum Gasteiger partial charge on any atom is -0.462 e. The maximum atomic E-state index is 12.9. The van der Waals surface area contributed by atoms with Crippen molar-refractivity contribution >= 4 is 17.9 Å². The maximum absolute atomic E-state index is 12.9. The van der Waals surface area contributed by atoms with Crippen LogP contribution in [-0.2, 0) is 28.6 Å². The van der Waals surface area contributed by atoms with E-state index in [1.54, 1.807) is 0 Å². The van der Waals surface area contributed by atoms with Gasteiger partial charge in [0, 0.05) is 19.3 Å². The number of ether oxygens (including phenoxy) is 3. The number of hydrogen-bond acceptors (Lipinski definition) is 6. The molecule has 0 N–H and O–H groups in total. The summed E-state index contributed by atoms with van der Waals surface area (Å²) >= 11 is 0. The van der Waals surface area contributed by atoms with E-state index >= 15 is 0 Å². The van der Waals surface area contributed by atoms with E-state index in [2.05, 4.69) is 93.7 Å². The summed E-state index contributed by atoms with van der Waals surface area (Å²) in [6, 6.07) is 0. The molecule has 0 bridgehead atoms. The third kappa shape index (κ3) is 55.8. The Morgan fingerprint density at radius 3 is 0.900 bits per heavy atom. The zero-order valence-corrected chi connectivity index (χ0v) is 46.3. The summed E-state index contributed by atoms with van der Waals surface area (Å²) < 4.78 is 16.9. The van der Waals surface area contributed by atoms with E-state index < -0.39 is 6.10 Å². The van der Waals surface area contributed by atoms with Gasteiger partial charge in [0.2, 0.25) is 0 Å². The minimum absolute atomic E-state index is 0.0881. The Labute approximate surface area is 433 Å². The van der Waals surface area contributed by atoms with Gasteiger partial charge in [-0.2, -0.15) is 0 Å². The van der Waals surface area contributed by atoms with Gasteiger partial charge >= 0.3 is 17.9 Å². The lowest BCUT2D eigenvalue weighted by molar-refractivity contribution is -0.167. The fourth-order valence-electron chi connectivity index (χ4n) is 8.42. The molecule has 0 aliphatic carbocycles. The van der Waals surface area contributed by atoms with Crippen LogP contribution in [0.3, 0.4) is 0 Å². The summed E-state index contributed by atoms with van der Waals surface area (Å²) in [7, 11) is 0. The molecule has 0 saturated carbocycles. The smallest absolute Gasteiger partial charge is 0.306 e. The molecule has 0 spiro atoms. The SMILES string of the molecule is CC/C=C\C/C=C\C/C=C\CCCCCC(=O)OCC(COC(=O)CCCCCCCCCCC/C=C\C/C=C\CCCCCCC)OC(=O)CCCCCCCCC/C=C\CCCCCCCCC. The molecule has 6 nitrogen and oxygen atoms in total. The zero-order chi connectivity index (χ0) is 50.7. The van der Waals surface area contributed by atoms with Gasteiger partial charge in [0.15, 0.2) is 6.10 Å². The summed E-state index contributed by atoms with van der Waals surface area (Å²) in [5, 5.41) is 0. The molecule has 0 aliphatic heterocycles. The molecule has 1 atom stereocenters. The van der Waals surface area contributed by atoms with E-state index in [1.807, 2.05) is 0 Å². The third-order valence-electron chi connectivity index (χ3n) is 12.9. The van der Waals surface area contributed by atoms with Crippen LogP contribution < -0.4 is 0 Å². The number of hydrogen-bond donors (Lipinski definition) is 0. The van der Waals surface area contributed by atoms with Crippen LogP contribution >= 0.6 is 0 Å². The normalized spacial score (nSPS) is 12.6. The highest BCUT2D eigenvalue weighted by molar-refractivity contribution is 5.71. The van der Waals surface area contributed by atoms with Crippen molar-refractivity contribution in [2.75, 3.05) is 13.2 Å². The van der Waals surface area contributed by atoms with Crippen molar-refractivity contribution in [3.63, 3.8) is 0 Å². The van der Waals surface area contributed by atoms with Gasteiger partial charge in [-0.05, 0) is 109 Å². The largest absolute Gasteiger partial charge is 0.462 e. The number of unbranched alkanes of at least 4 members (excludes halogenated alkanes) is 31. The van der Waals surface area contributed by atoms with Crippen LogP contribution in [0.4, 0.5) is 0 Å². The van der Waals surface area contributed by atoms with Crippen molar-refractivity contribution in [2.24, 2.45) is 0 Å². The molecule has 0 aliphatic rings. The van der Waals surface area contributed by atoms with Crippen LogP contribution in [0.15, 0.2) is 72.9 Å². The van der Waals surface area contributed by atoms with Crippen molar-refractivity contribution in [3.05, 3.63) is 72.9 Å². The van der Waals surface area contributed by atoms with E-state index in [1.165, 1.54) is 167 Å². The number of allylic oxidation sites excluding steroid dienone is 12. The molecule has 0 radical (unpaired) electrons. The van der Waals surface area contributed by atoms with Gasteiger partial charge in [-0.3, -0.25) is 14.4 Å². The maximum Gasteiger partial charge on any atom is 0.306 e. The third-order valence-corrected chi connectivity index (χ3v) is 12.9. The quantitative estimate of drug-likeness (QED) is 0.0261. The molecular weight excluding hydrogens is 865 g/mol. The lowest BCUT2D eigenvalue weighted by Crippen LogP contribution is -2.30. The Bertz CT molecular complexity index is 1310. The molecule has 0 aromatic heterocycles. The van der Waals surface area contributed by atoms with E-state index in [9.17, 15) is 14.4 Å². The molecule has 404 valence electrons. The second kappa shape index (κ2) is 58.4. The van der Waals surface area contributed by atoms with Gasteiger partial charge in [-0.15, -0.1) is 0 Å². The Morgan fingerprint density at radius 1 is 0.300 bits per heavy atom. The lowest BCUT2D eigenvalue weighted by atomic mass is 10.1. The van der Waals surface area contributed by atoms with Crippen molar-refractivity contribution < 1.29 is 28.6 Å². The monoisotopic (exact) mass is 977 g/mol. The highest BCUT2D eigenvalue weighted by Gasteiger charge is 2.19. The molecule has 0 rings (SSSR count). The van der Waals surface area contributed by atoms with Gasteiger partial charge in [0.25, 0.3) is 0 Å². The molecule has 0 aromatic carbocycles. The lowest BCUT2D eigenvalue weighted by Gasteiger charge is -2.18. The highest BCUT2D eigenvalue weighted by atomic mass is 16.6. The van der Waals surface area contributed by atoms with Crippen LogP contribution in [-0.4, -0.2) is 37.2 Å². The molecule has 0 aromatic rings. The average Bonchev–Trinajstić information content (AvgIpc) is 3.36. The van der Waals surface area contributed by atoms with Crippen molar-refractivity contribution in [1.29, 1.82) is 0 Å². The number of carbonyl (C=O) groups is 3. The fraction of sp³-hybridized carbons (Fsp3) is 0.766. The predicted octanol–water partition coefficient (Wildman–Crippen LogP) is 20.2. The standard InChI is InChI=1S/C64H112O6/c1-4-7-10-13-16-19-22-25-27-29-31-32-33-35-36-39-42-45-48-51-54-57-63(66)69-60-61(59-68-62(65)56-53-50-47-44-41-38-24-21-18-15-12-9-6-3)70-64(67)58-55-52-49-46-43-40-37-34-30-28-26-23-20-17-14-11-8-5-2/h9,12,18,21-22,25,28-31,38,41,61H,4-8,10-11,13-17,19-20,23-24,26-27,32-37,39-40,42-60H2,1-3H3/b12-9-,21-18-,25-22-,30-28-,31-29-,41-38-. The predicted molar refractivity (Wildman–Crippen MR) is 302 cm³/mol. The van der Waals surface area contributed by atoms with E-state index in [0.29, 0.717) is 19.3 Å². The van der Waals surface area contributed by atoms with E-state index in [4.69, 9.17) is 14.2 Å². The summed E-state index contributed by atoms with van der Waals surface area (Å²) in [5.74, 6) is -0.917. The molecule has 0 amide bonds. The summed E-state index contributed by atoms with van der Waals surface area (Å²) in [6.07, 6.45) is 74.7. The van der Waals surface area contributed by atoms with Gasteiger partial charge in [-0.1, -0.05) is 241 Å². The first-order valence-corrected chi connectivity index (χ1v) is 29.9. The summed E-state index contributed by atoms with van der Waals surface area (Å²) in [4.78, 5) is 38.2. The first kappa shape index (κ1) is 66.9. The second-order valence-electron chi connectivity index (χ2n) is 19.9. The molecule has 0 saturated heterocycles. The first-order chi connectivity index (χ1) is 34.5. The van der Waals surface area contributed by atoms with Crippen molar-refractivity contribution in [3.8, 4) is 0 Å². The molecule has 1 unspecified atom stereocenters. The Morgan fingerprint density at radius 2 is 0.557 bits per heavy atom. The molecule has 70 heavy (non-hydrogen) atoms. The average molecular weight is 978 g/mol. The van der Waals surface area contributed by atoms with Gasteiger partial charge in [-0.25, -0.2) is 0 Å². The van der Waals surface area contributed by atoms with Crippen LogP contribution in [0.5, 0.6) is 0 Å². The number of carbonyl (C=O) groups excluding carboxylic acids is 3. The minimum atomic E-state index is -0.792. The molecule has 6 heteroatoms. The van der Waals surface area contributed by atoms with Crippen molar-refractivity contribution in [1.82, 2.24) is 0 Å². The number of rotatable bonds is 54. The van der Waals surface area contributed by atoms with Crippen LogP contribution in [0.25, 0.3) is 0 Å². The topological polar surface area (TPSA) is 78.9 Å². The van der Waals surface area contributed by atoms with Crippen molar-refractivity contribution in [2.45, 2.75) is 303 Å². The van der Waals surface area contributed by atoms with Gasteiger partial charge in [0.05, 0.1) is 0 Å². The highest BCUT2D eigenvalue weighted by Crippen LogP contribution is 2.15. The fourth-order valence-corrected chi connectivity index (χ4v) is 8.42. The van der Waals surface area contributed by atoms with Crippen LogP contribution in [0.2, 0.25) is 0 Å². The molecule has 0 heterocycles. The molecular formula is C64H112O6. The summed E-state index contributed by atoms with van der Waals surface area (Å²) in [5.41, 5.74) is 0. The van der Waals surface area contributed by atoms with Crippen LogP contribution in [0, 0.1) is 0 Å². The first-order valence-electron chi connectivity index (χ1n) is 29.9. The van der Waals surface area contributed by atoms with E-state index in [-0.39, 0.29) is 31.1 Å². The van der Waals surface area contributed by atoms with E-state index in [0.717, 1.165) is 89.9 Å². The van der Waals surface area contributed by atoms with Gasteiger partial charge < -0.3 is 14.2 Å². The molecule has 0 fully saturated rings. The second-order valence-corrected chi connectivity index (χ2v) is 19.9. The Kier molecular flexibility index (Phi) is 55.8. The van der Waals surface area contributed by atoms with Gasteiger partial charge in [0.1, 0.15) is 13.2 Å².